The number of likely N-dealkylation sites (tertiary alicyclic amines) is 1. The number of methoxy groups -OCH3 is 1. The summed E-state index contributed by atoms with van der Waals surface area (Å²) >= 11 is 0. The lowest BCUT2D eigenvalue weighted by Crippen LogP contribution is -2.26. The van der Waals surface area contributed by atoms with Crippen LogP contribution in [0, 0.1) is 6.92 Å². The van der Waals surface area contributed by atoms with Crippen molar-refractivity contribution in [1.82, 2.24) is 10.2 Å². The van der Waals surface area contributed by atoms with Gasteiger partial charge in [-0.3, -0.25) is 9.69 Å². The van der Waals surface area contributed by atoms with Crippen molar-refractivity contribution in [2.45, 2.75) is 32.7 Å². The van der Waals surface area contributed by atoms with Crippen LogP contribution >= 0.6 is 0 Å². The quantitative estimate of drug-likeness (QED) is 0.828. The van der Waals surface area contributed by atoms with Crippen LogP contribution in [-0.4, -0.2) is 37.6 Å². The van der Waals surface area contributed by atoms with Crippen molar-refractivity contribution < 1.29 is 9.53 Å². The van der Waals surface area contributed by atoms with Crippen LogP contribution in [0.15, 0.2) is 42.5 Å². The van der Waals surface area contributed by atoms with E-state index in [1.54, 1.807) is 7.11 Å². The second-order valence-electron chi connectivity index (χ2n) is 7.00. The fourth-order valence-electron chi connectivity index (χ4n) is 3.53. The molecule has 4 heteroatoms. The molecular formula is C22H28N2O2. The Morgan fingerprint density at radius 2 is 1.96 bits per heavy atom. The van der Waals surface area contributed by atoms with Gasteiger partial charge in [0.15, 0.2) is 0 Å². The number of carbonyl (C=O) groups excluding carboxylic acids is 1. The Bertz CT molecular complexity index is 752. The third-order valence-corrected chi connectivity index (χ3v) is 4.91. The molecule has 2 aromatic rings. The predicted octanol–water partition coefficient (Wildman–Crippen LogP) is 3.57. The molecule has 1 aliphatic heterocycles. The normalized spacial score (nSPS) is 14.4. The average molecular weight is 352 g/mol. The monoisotopic (exact) mass is 352 g/mol. The third-order valence-electron chi connectivity index (χ3n) is 4.91. The van der Waals surface area contributed by atoms with Crippen LogP contribution in [0.25, 0.3) is 0 Å². The zero-order valence-corrected chi connectivity index (χ0v) is 15.8. The Labute approximate surface area is 156 Å². The van der Waals surface area contributed by atoms with Gasteiger partial charge >= 0.3 is 0 Å². The number of nitrogens with one attached hydrogen (secondary N) is 1. The maximum Gasteiger partial charge on any atom is 0.251 e. The number of nitrogens with zero attached hydrogens (tertiary/aromatic N) is 1. The molecule has 0 bridgehead atoms. The summed E-state index contributed by atoms with van der Waals surface area (Å²) in [6, 6.07) is 14.1. The van der Waals surface area contributed by atoms with Crippen molar-refractivity contribution in [1.29, 1.82) is 0 Å². The summed E-state index contributed by atoms with van der Waals surface area (Å²) in [5.41, 5.74) is 4.26. The number of ether oxygens (including phenoxy) is 1. The molecule has 0 atom stereocenters. The van der Waals surface area contributed by atoms with Crippen molar-refractivity contribution in [2.24, 2.45) is 0 Å². The molecule has 1 fully saturated rings. The molecule has 1 amide bonds. The molecule has 1 saturated heterocycles. The molecule has 0 unspecified atom stereocenters. The molecule has 0 aliphatic carbocycles. The van der Waals surface area contributed by atoms with Gasteiger partial charge in [0.05, 0.1) is 7.11 Å². The molecule has 0 saturated carbocycles. The number of aryl methyl sites for hydroxylation is 1. The summed E-state index contributed by atoms with van der Waals surface area (Å²) in [7, 11) is 1.68. The van der Waals surface area contributed by atoms with Crippen LogP contribution in [-0.2, 0) is 13.0 Å². The Hall–Kier alpha value is -2.33. The Morgan fingerprint density at radius 3 is 2.73 bits per heavy atom. The minimum Gasteiger partial charge on any atom is -0.496 e. The highest BCUT2D eigenvalue weighted by Crippen LogP contribution is 2.20. The van der Waals surface area contributed by atoms with Crippen molar-refractivity contribution in [2.75, 3.05) is 26.7 Å². The molecule has 1 aliphatic rings. The van der Waals surface area contributed by atoms with Crippen molar-refractivity contribution in [3.8, 4) is 5.75 Å². The van der Waals surface area contributed by atoms with E-state index >= 15 is 0 Å². The third kappa shape index (κ3) is 4.85. The molecule has 0 aromatic heterocycles. The van der Waals surface area contributed by atoms with Crippen LogP contribution in [0.3, 0.4) is 0 Å². The number of benzene rings is 2. The number of hydrogen-bond donors (Lipinski definition) is 1. The fraction of sp³-hybridized carbons (Fsp3) is 0.409. The van der Waals surface area contributed by atoms with Crippen LogP contribution in [0.5, 0.6) is 5.75 Å². The molecule has 26 heavy (non-hydrogen) atoms. The highest BCUT2D eigenvalue weighted by molar-refractivity contribution is 5.94. The van der Waals surface area contributed by atoms with Crippen LogP contribution in [0.4, 0.5) is 0 Å². The summed E-state index contributed by atoms with van der Waals surface area (Å²) in [4.78, 5) is 14.9. The van der Waals surface area contributed by atoms with E-state index in [-0.39, 0.29) is 5.91 Å². The van der Waals surface area contributed by atoms with E-state index in [1.165, 1.54) is 24.0 Å². The number of carbonyl (C=O) groups is 1. The first-order valence-electron chi connectivity index (χ1n) is 9.39. The summed E-state index contributed by atoms with van der Waals surface area (Å²) < 4.78 is 5.40. The van der Waals surface area contributed by atoms with Crippen molar-refractivity contribution in [3.63, 3.8) is 0 Å². The van der Waals surface area contributed by atoms with E-state index in [4.69, 9.17) is 4.74 Å². The molecule has 2 aromatic carbocycles. The lowest BCUT2D eigenvalue weighted by molar-refractivity contribution is 0.0954. The number of amides is 1. The van der Waals surface area contributed by atoms with Gasteiger partial charge in [-0.15, -0.1) is 0 Å². The van der Waals surface area contributed by atoms with Gasteiger partial charge in [-0.1, -0.05) is 29.8 Å². The maximum absolute atomic E-state index is 12.5. The van der Waals surface area contributed by atoms with Crippen LogP contribution in [0.1, 0.15) is 39.9 Å². The Kier molecular flexibility index (Phi) is 6.29. The molecule has 1 heterocycles. The summed E-state index contributed by atoms with van der Waals surface area (Å²) in [6.07, 6.45) is 3.31. The van der Waals surface area contributed by atoms with Gasteiger partial charge in [0, 0.05) is 18.7 Å². The average Bonchev–Trinajstić information content (AvgIpc) is 3.15. The Balaban J connectivity index is 1.56. The standard InChI is InChI=1S/C22H28N2O2/c1-17-8-9-21(26-2)19(14-17)10-11-23-22(25)20-7-5-6-18(15-20)16-24-12-3-4-13-24/h5-9,14-15H,3-4,10-13,16H2,1-2H3,(H,23,25). The highest BCUT2D eigenvalue weighted by Gasteiger charge is 2.13. The SMILES string of the molecule is COc1ccc(C)cc1CCNC(=O)c1cccc(CN2CCCC2)c1. The van der Waals surface area contributed by atoms with Crippen LogP contribution in [0.2, 0.25) is 0 Å². The van der Waals surface area contributed by atoms with E-state index in [9.17, 15) is 4.79 Å². The molecule has 3 rings (SSSR count). The van der Waals surface area contributed by atoms with Gasteiger partial charge < -0.3 is 10.1 Å². The maximum atomic E-state index is 12.5. The Morgan fingerprint density at radius 1 is 1.15 bits per heavy atom. The molecule has 1 N–H and O–H groups in total. The highest BCUT2D eigenvalue weighted by atomic mass is 16.5. The first kappa shape index (κ1) is 18.5. The van der Waals surface area contributed by atoms with E-state index in [2.05, 4.69) is 29.3 Å². The largest absolute Gasteiger partial charge is 0.496 e. The molecule has 138 valence electrons. The van der Waals surface area contributed by atoms with Gasteiger partial charge in [0.1, 0.15) is 5.75 Å². The van der Waals surface area contributed by atoms with E-state index in [1.807, 2.05) is 30.3 Å². The zero-order chi connectivity index (χ0) is 18.4. The van der Waals surface area contributed by atoms with Gasteiger partial charge in [-0.25, -0.2) is 0 Å². The topological polar surface area (TPSA) is 41.6 Å². The smallest absolute Gasteiger partial charge is 0.251 e. The van der Waals surface area contributed by atoms with Crippen molar-refractivity contribution in [3.05, 3.63) is 64.7 Å². The van der Waals surface area contributed by atoms with Gasteiger partial charge in [-0.2, -0.15) is 0 Å². The molecule has 4 nitrogen and oxygen atoms in total. The number of rotatable bonds is 7. The summed E-state index contributed by atoms with van der Waals surface area (Å²) in [5.74, 6) is 0.859. The second-order valence-corrected chi connectivity index (χ2v) is 7.00. The molecule has 0 radical (unpaired) electrons. The lowest BCUT2D eigenvalue weighted by Gasteiger charge is -2.15. The molecule has 0 spiro atoms. The van der Waals surface area contributed by atoms with Gasteiger partial charge in [0.25, 0.3) is 5.91 Å². The first-order chi connectivity index (χ1) is 12.7. The zero-order valence-electron chi connectivity index (χ0n) is 15.8. The van der Waals surface area contributed by atoms with Crippen LogP contribution < -0.4 is 10.1 Å². The van der Waals surface area contributed by atoms with Gasteiger partial charge in [-0.05, 0) is 68.6 Å². The van der Waals surface area contributed by atoms with Crippen molar-refractivity contribution >= 4 is 5.91 Å². The lowest BCUT2D eigenvalue weighted by atomic mass is 10.1. The second kappa shape index (κ2) is 8.86. The fourth-order valence-corrected chi connectivity index (χ4v) is 3.53. The molecular weight excluding hydrogens is 324 g/mol. The van der Waals surface area contributed by atoms with E-state index < -0.39 is 0 Å². The first-order valence-corrected chi connectivity index (χ1v) is 9.39. The minimum absolute atomic E-state index is 0.0140. The summed E-state index contributed by atoms with van der Waals surface area (Å²) in [6.45, 7) is 5.91. The summed E-state index contributed by atoms with van der Waals surface area (Å²) in [5, 5.41) is 3.03. The van der Waals surface area contributed by atoms with E-state index in [0.717, 1.165) is 42.9 Å². The van der Waals surface area contributed by atoms with Gasteiger partial charge in [0.2, 0.25) is 0 Å². The number of hydrogen-bond acceptors (Lipinski definition) is 3. The minimum atomic E-state index is -0.0140. The predicted molar refractivity (Wildman–Crippen MR) is 105 cm³/mol. The van der Waals surface area contributed by atoms with E-state index in [0.29, 0.717) is 6.54 Å².